The molecule has 0 amide bonds. The number of carbonyl (C=O) groups excluding carboxylic acids is 1. The Bertz CT molecular complexity index is 587. The van der Waals surface area contributed by atoms with E-state index < -0.39 is 0 Å². The van der Waals surface area contributed by atoms with E-state index in [1.807, 2.05) is 19.1 Å². The molecule has 2 aliphatic heterocycles. The lowest BCUT2D eigenvalue weighted by molar-refractivity contribution is -0.122. The van der Waals surface area contributed by atoms with Crippen LogP contribution in [0, 0.1) is 5.92 Å². The smallest absolute Gasteiger partial charge is 0.207 e. The second kappa shape index (κ2) is 3.23. The molecule has 1 fully saturated rings. The molecule has 0 spiro atoms. The fourth-order valence-electron chi connectivity index (χ4n) is 3.74. The third kappa shape index (κ3) is 1.06. The van der Waals surface area contributed by atoms with E-state index in [0.29, 0.717) is 0 Å². The topological polar surface area (TPSA) is 35.5 Å². The van der Waals surface area contributed by atoms with Crippen LogP contribution in [-0.4, -0.2) is 12.1 Å². The maximum absolute atomic E-state index is 11.9. The summed E-state index contributed by atoms with van der Waals surface area (Å²) in [7, 11) is 0. The van der Waals surface area contributed by atoms with E-state index in [1.54, 1.807) is 6.92 Å². The lowest BCUT2D eigenvalue weighted by Gasteiger charge is -2.29. The van der Waals surface area contributed by atoms with Crippen LogP contribution in [0.3, 0.4) is 0 Å². The molecule has 4 rings (SSSR count). The van der Waals surface area contributed by atoms with Gasteiger partial charge < -0.3 is 9.47 Å². The van der Waals surface area contributed by atoms with E-state index in [4.69, 9.17) is 9.47 Å². The minimum atomic E-state index is -0.210. The molecule has 3 heteroatoms. The van der Waals surface area contributed by atoms with E-state index in [9.17, 15) is 4.79 Å². The zero-order valence-corrected chi connectivity index (χ0v) is 10.3. The highest BCUT2D eigenvalue weighted by Gasteiger charge is 2.58. The molecule has 18 heavy (non-hydrogen) atoms. The molecule has 0 N–H and O–H groups in total. The molecule has 0 saturated carbocycles. The van der Waals surface area contributed by atoms with Crippen molar-refractivity contribution in [2.24, 2.45) is 5.92 Å². The maximum Gasteiger partial charge on any atom is 0.207 e. The van der Waals surface area contributed by atoms with Crippen LogP contribution < -0.4 is 0 Å². The molecule has 1 aromatic carbocycles. The normalized spacial score (nSPS) is 35.4. The standard InChI is InChI=1S/C15H14O3/c1-7(16)11-8(2)17-15-12-9-5-3-4-6-10(9)14(18-15)13(11)12/h3-6,12-15H,1-2H3/t12-,13+,14-,15-/m0/s1. The lowest BCUT2D eigenvalue weighted by Crippen LogP contribution is -2.28. The quantitative estimate of drug-likeness (QED) is 0.759. The summed E-state index contributed by atoms with van der Waals surface area (Å²) in [5.74, 6) is 1.18. The van der Waals surface area contributed by atoms with Crippen molar-refractivity contribution in [2.75, 3.05) is 0 Å². The van der Waals surface area contributed by atoms with Gasteiger partial charge in [0.15, 0.2) is 5.78 Å². The van der Waals surface area contributed by atoms with Crippen LogP contribution in [0.2, 0.25) is 0 Å². The van der Waals surface area contributed by atoms with Crippen LogP contribution in [-0.2, 0) is 14.3 Å². The van der Waals surface area contributed by atoms with Crippen molar-refractivity contribution in [1.29, 1.82) is 0 Å². The first-order chi connectivity index (χ1) is 8.68. The van der Waals surface area contributed by atoms with Crippen molar-refractivity contribution in [3.05, 3.63) is 46.7 Å². The minimum absolute atomic E-state index is 0.00690. The maximum atomic E-state index is 11.9. The van der Waals surface area contributed by atoms with Gasteiger partial charge in [-0.1, -0.05) is 24.3 Å². The highest BCUT2D eigenvalue weighted by Crippen LogP contribution is 2.61. The third-order valence-electron chi connectivity index (χ3n) is 4.33. The van der Waals surface area contributed by atoms with Gasteiger partial charge in [-0.15, -0.1) is 0 Å². The highest BCUT2D eigenvalue weighted by atomic mass is 16.7. The number of hydrogen-bond acceptors (Lipinski definition) is 3. The predicted molar refractivity (Wildman–Crippen MR) is 64.8 cm³/mol. The van der Waals surface area contributed by atoms with Gasteiger partial charge in [-0.2, -0.15) is 0 Å². The van der Waals surface area contributed by atoms with Gasteiger partial charge in [0.25, 0.3) is 0 Å². The number of benzene rings is 1. The summed E-state index contributed by atoms with van der Waals surface area (Å²) >= 11 is 0. The van der Waals surface area contributed by atoms with E-state index >= 15 is 0 Å². The van der Waals surface area contributed by atoms with Crippen molar-refractivity contribution in [1.82, 2.24) is 0 Å². The van der Waals surface area contributed by atoms with Crippen molar-refractivity contribution in [3.63, 3.8) is 0 Å². The van der Waals surface area contributed by atoms with E-state index in [-0.39, 0.29) is 30.0 Å². The lowest BCUT2D eigenvalue weighted by atomic mass is 9.83. The number of rotatable bonds is 1. The van der Waals surface area contributed by atoms with Gasteiger partial charge in [0.1, 0.15) is 5.76 Å². The van der Waals surface area contributed by atoms with Crippen molar-refractivity contribution >= 4 is 5.78 Å². The number of hydrogen-bond donors (Lipinski definition) is 0. The molecule has 3 nitrogen and oxygen atoms in total. The van der Waals surface area contributed by atoms with Gasteiger partial charge in [0.2, 0.25) is 6.29 Å². The Hall–Kier alpha value is -1.61. The van der Waals surface area contributed by atoms with E-state index in [2.05, 4.69) is 12.1 Å². The van der Waals surface area contributed by atoms with Gasteiger partial charge >= 0.3 is 0 Å². The molecule has 0 aromatic heterocycles. The number of ketones is 1. The Balaban J connectivity index is 1.92. The van der Waals surface area contributed by atoms with Gasteiger partial charge in [0.05, 0.1) is 12.0 Å². The average molecular weight is 242 g/mol. The summed E-state index contributed by atoms with van der Waals surface area (Å²) in [5, 5.41) is 0. The number of fused-ring (bicyclic) bond motifs is 2. The van der Waals surface area contributed by atoms with Gasteiger partial charge in [-0.05, 0) is 25.0 Å². The van der Waals surface area contributed by atoms with Crippen LogP contribution in [0.5, 0.6) is 0 Å². The summed E-state index contributed by atoms with van der Waals surface area (Å²) < 4.78 is 11.7. The molecule has 1 aliphatic carbocycles. The molecule has 92 valence electrons. The SMILES string of the molecule is CC(=O)C1=C(C)O[C@H]2O[C@H]3c4ccccc4[C@H]2[C@@H]13. The van der Waals surface area contributed by atoms with Crippen molar-refractivity contribution in [2.45, 2.75) is 32.2 Å². The molecular formula is C15H14O3. The summed E-state index contributed by atoms with van der Waals surface area (Å²) in [5.41, 5.74) is 3.32. The molecule has 0 unspecified atom stereocenters. The summed E-state index contributed by atoms with van der Waals surface area (Å²) in [6.07, 6.45) is -0.217. The summed E-state index contributed by atoms with van der Waals surface area (Å²) in [6, 6.07) is 8.29. The zero-order chi connectivity index (χ0) is 12.4. The Morgan fingerprint density at radius 1 is 1.17 bits per heavy atom. The fraction of sp³-hybridized carbons (Fsp3) is 0.400. The number of allylic oxidation sites excluding steroid dienone is 1. The van der Waals surface area contributed by atoms with Crippen LogP contribution in [0.25, 0.3) is 0 Å². The fourth-order valence-corrected chi connectivity index (χ4v) is 3.74. The second-order valence-corrected chi connectivity index (χ2v) is 5.25. The number of Topliss-reactive ketones (excluding diaryl/α,β-unsaturated/α-hetero) is 1. The molecular weight excluding hydrogens is 228 g/mol. The Kier molecular flexibility index (Phi) is 1.86. The number of ether oxygens (including phenoxy) is 2. The van der Waals surface area contributed by atoms with Gasteiger partial charge in [-0.25, -0.2) is 0 Å². The number of carbonyl (C=O) groups is 1. The largest absolute Gasteiger partial charge is 0.468 e. The molecule has 0 radical (unpaired) electrons. The Morgan fingerprint density at radius 2 is 1.89 bits per heavy atom. The van der Waals surface area contributed by atoms with Crippen LogP contribution in [0.1, 0.15) is 37.0 Å². The minimum Gasteiger partial charge on any atom is -0.468 e. The first-order valence-electron chi connectivity index (χ1n) is 6.31. The molecule has 4 bridgehead atoms. The Morgan fingerprint density at radius 3 is 2.61 bits per heavy atom. The first-order valence-corrected chi connectivity index (χ1v) is 6.31. The average Bonchev–Trinajstić information content (AvgIpc) is 2.78. The zero-order valence-electron chi connectivity index (χ0n) is 10.3. The van der Waals surface area contributed by atoms with Gasteiger partial charge in [-0.3, -0.25) is 4.79 Å². The van der Waals surface area contributed by atoms with Crippen LogP contribution in [0.15, 0.2) is 35.6 Å². The molecule has 3 aliphatic rings. The third-order valence-corrected chi connectivity index (χ3v) is 4.33. The van der Waals surface area contributed by atoms with Crippen LogP contribution in [0.4, 0.5) is 0 Å². The monoisotopic (exact) mass is 242 g/mol. The van der Waals surface area contributed by atoms with Crippen molar-refractivity contribution < 1.29 is 14.3 Å². The van der Waals surface area contributed by atoms with Crippen LogP contribution >= 0.6 is 0 Å². The van der Waals surface area contributed by atoms with E-state index in [1.165, 1.54) is 11.1 Å². The Labute approximate surface area is 105 Å². The molecule has 2 heterocycles. The van der Waals surface area contributed by atoms with Gasteiger partial charge in [0, 0.05) is 11.5 Å². The molecule has 1 saturated heterocycles. The summed E-state index contributed by atoms with van der Waals surface area (Å²) in [6.45, 7) is 3.49. The van der Waals surface area contributed by atoms with E-state index in [0.717, 1.165) is 11.3 Å². The highest BCUT2D eigenvalue weighted by molar-refractivity contribution is 5.95. The summed E-state index contributed by atoms with van der Waals surface area (Å²) in [4.78, 5) is 11.9. The molecule has 1 aromatic rings. The first kappa shape index (κ1) is 10.3. The predicted octanol–water partition coefficient (Wildman–Crippen LogP) is 2.69. The second-order valence-electron chi connectivity index (χ2n) is 5.25. The molecule has 4 atom stereocenters. The van der Waals surface area contributed by atoms with Crippen molar-refractivity contribution in [3.8, 4) is 0 Å².